The van der Waals surface area contributed by atoms with Gasteiger partial charge in [0.25, 0.3) is 5.09 Å². The summed E-state index contributed by atoms with van der Waals surface area (Å²) >= 11 is 1.44. The standard InChI is InChI=1S/C27H37F3N2O8S/c28-27(29,30)19-6-5-7-21(16-19)39-18-20(33)10-11-23-22(24(34)17-25(23)35)8-3-1-2-4-9-26(36)31-12-14-41-15-13-40-32(37)38/h1,3,5-7,10-11,16,20,22-25,33-35H,2,4,8-9,12-15,17-18H2,(H,31,36)/b3-1-,11-10+/t20-,22-,23-,24+,25-/m1/s1. The van der Waals surface area contributed by atoms with Gasteiger partial charge in [0, 0.05) is 36.8 Å². The average molecular weight is 607 g/mol. The Hall–Kier alpha value is -2.81. The Kier molecular flexibility index (Phi) is 15.0. The van der Waals surface area contributed by atoms with Crippen LogP contribution >= 0.6 is 11.8 Å². The Labute approximate surface area is 240 Å². The van der Waals surface area contributed by atoms with E-state index < -0.39 is 41.1 Å². The number of alkyl halides is 3. The largest absolute Gasteiger partial charge is 0.491 e. The number of aliphatic hydroxyl groups is 3. The lowest BCUT2D eigenvalue weighted by molar-refractivity contribution is -0.756. The summed E-state index contributed by atoms with van der Waals surface area (Å²) in [5, 5.41) is 43.0. The van der Waals surface area contributed by atoms with Gasteiger partial charge in [-0.3, -0.25) is 4.79 Å². The molecule has 14 heteroatoms. The molecule has 2 rings (SSSR count). The molecule has 1 amide bonds. The summed E-state index contributed by atoms with van der Waals surface area (Å²) in [6.07, 6.45) is 1.93. The molecule has 0 aromatic heterocycles. The van der Waals surface area contributed by atoms with Crippen molar-refractivity contribution < 1.29 is 47.9 Å². The first kappa shape index (κ1) is 34.4. The van der Waals surface area contributed by atoms with Crippen LogP contribution in [0.4, 0.5) is 13.2 Å². The molecule has 0 saturated heterocycles. The molecule has 0 bridgehead atoms. The van der Waals surface area contributed by atoms with Crippen molar-refractivity contribution in [1.29, 1.82) is 0 Å². The van der Waals surface area contributed by atoms with Crippen LogP contribution in [0.2, 0.25) is 0 Å². The number of aliphatic hydroxyl groups excluding tert-OH is 3. The summed E-state index contributed by atoms with van der Waals surface area (Å²) in [6, 6.07) is 4.36. The number of unbranched alkanes of at least 4 members (excludes halogenated alkanes) is 1. The van der Waals surface area contributed by atoms with Crippen molar-refractivity contribution in [3.05, 3.63) is 64.2 Å². The van der Waals surface area contributed by atoms with Crippen LogP contribution in [0.25, 0.3) is 0 Å². The third-order valence-electron chi connectivity index (χ3n) is 6.40. The van der Waals surface area contributed by atoms with Crippen LogP contribution in [-0.4, -0.2) is 75.9 Å². The first-order valence-corrected chi connectivity index (χ1v) is 14.4. The highest BCUT2D eigenvalue weighted by Crippen LogP contribution is 2.36. The second-order valence-electron chi connectivity index (χ2n) is 9.52. The molecule has 5 atom stereocenters. The molecule has 1 aromatic rings. The van der Waals surface area contributed by atoms with E-state index in [0.717, 1.165) is 12.1 Å². The van der Waals surface area contributed by atoms with Gasteiger partial charge in [-0.1, -0.05) is 30.4 Å². The van der Waals surface area contributed by atoms with Gasteiger partial charge in [-0.25, -0.2) is 0 Å². The van der Waals surface area contributed by atoms with Gasteiger partial charge in [0.1, 0.15) is 25.1 Å². The van der Waals surface area contributed by atoms with Crippen molar-refractivity contribution in [2.75, 3.05) is 31.3 Å². The molecule has 0 radical (unpaired) electrons. The van der Waals surface area contributed by atoms with Gasteiger partial charge in [0.05, 0.1) is 17.8 Å². The number of benzene rings is 1. The third-order valence-corrected chi connectivity index (χ3v) is 7.34. The van der Waals surface area contributed by atoms with E-state index in [0.29, 0.717) is 43.7 Å². The number of allylic oxidation sites excluding steroid dienone is 2. The zero-order valence-corrected chi connectivity index (χ0v) is 23.3. The highest BCUT2D eigenvalue weighted by atomic mass is 32.2. The Morgan fingerprint density at radius 3 is 2.76 bits per heavy atom. The van der Waals surface area contributed by atoms with E-state index in [1.807, 2.05) is 12.2 Å². The molecule has 1 fully saturated rings. The fourth-order valence-corrected chi connectivity index (χ4v) is 4.98. The minimum Gasteiger partial charge on any atom is -0.491 e. The number of hydrogen-bond acceptors (Lipinski definition) is 9. The summed E-state index contributed by atoms with van der Waals surface area (Å²) < 4.78 is 43.8. The number of carbonyl (C=O) groups is 1. The first-order valence-electron chi connectivity index (χ1n) is 13.3. The predicted molar refractivity (Wildman–Crippen MR) is 147 cm³/mol. The molecule has 0 aliphatic heterocycles. The van der Waals surface area contributed by atoms with Gasteiger partial charge in [0.2, 0.25) is 5.91 Å². The Morgan fingerprint density at radius 1 is 1.24 bits per heavy atom. The van der Waals surface area contributed by atoms with E-state index in [4.69, 9.17) is 4.74 Å². The number of thioether (sulfide) groups is 1. The van der Waals surface area contributed by atoms with Crippen LogP contribution in [0, 0.1) is 22.0 Å². The van der Waals surface area contributed by atoms with Crippen molar-refractivity contribution in [3.63, 3.8) is 0 Å². The molecule has 1 aromatic carbocycles. The summed E-state index contributed by atoms with van der Waals surface area (Å²) in [5.74, 6) is 0.260. The summed E-state index contributed by atoms with van der Waals surface area (Å²) in [5.41, 5.74) is -0.853. The zero-order chi connectivity index (χ0) is 30.3. The number of ether oxygens (including phenoxy) is 1. The molecule has 0 spiro atoms. The number of amides is 1. The third kappa shape index (κ3) is 13.6. The molecular formula is C27H37F3N2O8S. The fraction of sp³-hybridized carbons (Fsp3) is 0.593. The van der Waals surface area contributed by atoms with Gasteiger partial charge in [-0.2, -0.15) is 24.9 Å². The zero-order valence-electron chi connectivity index (χ0n) is 22.4. The van der Waals surface area contributed by atoms with E-state index >= 15 is 0 Å². The molecular weight excluding hydrogens is 569 g/mol. The molecule has 10 nitrogen and oxygen atoms in total. The molecule has 230 valence electrons. The second-order valence-corrected chi connectivity index (χ2v) is 10.7. The monoisotopic (exact) mass is 606 g/mol. The van der Waals surface area contributed by atoms with E-state index in [-0.39, 0.29) is 37.2 Å². The second kappa shape index (κ2) is 17.9. The fourth-order valence-electron chi connectivity index (χ4n) is 4.34. The summed E-state index contributed by atoms with van der Waals surface area (Å²) in [6.45, 7) is 0.189. The van der Waals surface area contributed by atoms with Crippen molar-refractivity contribution >= 4 is 17.7 Å². The van der Waals surface area contributed by atoms with Crippen molar-refractivity contribution in [1.82, 2.24) is 5.32 Å². The van der Waals surface area contributed by atoms with Crippen LogP contribution in [0.5, 0.6) is 5.75 Å². The predicted octanol–water partition coefficient (Wildman–Crippen LogP) is 3.53. The maximum absolute atomic E-state index is 12.8. The van der Waals surface area contributed by atoms with E-state index in [2.05, 4.69) is 10.2 Å². The summed E-state index contributed by atoms with van der Waals surface area (Å²) in [7, 11) is 0. The topological polar surface area (TPSA) is 151 Å². The molecule has 0 heterocycles. The van der Waals surface area contributed by atoms with Crippen molar-refractivity contribution in [2.24, 2.45) is 11.8 Å². The minimum absolute atomic E-state index is 0.00905. The van der Waals surface area contributed by atoms with Gasteiger partial charge in [-0.15, -0.1) is 10.1 Å². The maximum Gasteiger partial charge on any atom is 0.416 e. The molecule has 1 aliphatic rings. The van der Waals surface area contributed by atoms with Gasteiger partial charge >= 0.3 is 6.18 Å². The quantitative estimate of drug-likeness (QED) is 0.0851. The van der Waals surface area contributed by atoms with E-state index in [1.54, 1.807) is 6.08 Å². The van der Waals surface area contributed by atoms with E-state index in [1.165, 1.54) is 30.0 Å². The normalized spacial score (nSPS) is 21.8. The maximum atomic E-state index is 12.8. The van der Waals surface area contributed by atoms with Gasteiger partial charge in [-0.05, 0) is 43.4 Å². The molecule has 1 aliphatic carbocycles. The Bertz CT molecular complexity index is 1010. The number of nitrogens with one attached hydrogen (secondary N) is 1. The SMILES string of the molecule is O=C(CCC/C=C\C[C@@H]1[C@@H](/C=C/[C@@H](O)COc2cccc(C(F)(F)F)c2)[C@H](O)C[C@@H]1O)NCCSCCO[N+](=O)[O-]. The lowest BCUT2D eigenvalue weighted by atomic mass is 9.89. The lowest BCUT2D eigenvalue weighted by Crippen LogP contribution is -2.25. The van der Waals surface area contributed by atoms with Crippen molar-refractivity contribution in [2.45, 2.75) is 56.6 Å². The molecule has 1 saturated carbocycles. The van der Waals surface area contributed by atoms with Crippen LogP contribution in [0.1, 0.15) is 37.7 Å². The van der Waals surface area contributed by atoms with Crippen LogP contribution < -0.4 is 10.1 Å². The number of halogens is 3. The number of rotatable bonds is 18. The summed E-state index contributed by atoms with van der Waals surface area (Å²) in [4.78, 5) is 26.1. The first-order chi connectivity index (χ1) is 19.5. The average Bonchev–Trinajstić information content (AvgIpc) is 3.18. The van der Waals surface area contributed by atoms with Crippen LogP contribution in [0.3, 0.4) is 0 Å². The van der Waals surface area contributed by atoms with Crippen LogP contribution in [0.15, 0.2) is 48.6 Å². The highest BCUT2D eigenvalue weighted by molar-refractivity contribution is 7.99. The molecule has 41 heavy (non-hydrogen) atoms. The Morgan fingerprint density at radius 2 is 2.02 bits per heavy atom. The number of hydrogen-bond donors (Lipinski definition) is 4. The smallest absolute Gasteiger partial charge is 0.416 e. The van der Waals surface area contributed by atoms with Gasteiger partial charge in [0.15, 0.2) is 0 Å². The number of carbonyl (C=O) groups excluding carboxylic acids is 1. The lowest BCUT2D eigenvalue weighted by Gasteiger charge is -2.19. The van der Waals surface area contributed by atoms with Gasteiger partial charge < -0.3 is 30.2 Å². The number of nitrogens with zero attached hydrogens (tertiary/aromatic N) is 1. The molecule has 0 unspecified atom stereocenters. The molecule has 4 N–H and O–H groups in total. The minimum atomic E-state index is -4.50. The van der Waals surface area contributed by atoms with Crippen molar-refractivity contribution in [3.8, 4) is 5.75 Å². The van der Waals surface area contributed by atoms with Crippen LogP contribution in [-0.2, 0) is 15.8 Å². The highest BCUT2D eigenvalue weighted by Gasteiger charge is 2.39. The Balaban J connectivity index is 1.68. The van der Waals surface area contributed by atoms with E-state index in [9.17, 15) is 43.4 Å².